The monoisotopic (exact) mass is 222 g/mol. The maximum absolute atomic E-state index is 13.7. The van der Waals surface area contributed by atoms with Crippen LogP contribution in [0.5, 0.6) is 0 Å². The first kappa shape index (κ1) is 12.1. The summed E-state index contributed by atoms with van der Waals surface area (Å²) in [5.74, 6) is -1.36. The number of carbonyl (C=O) groups is 2. The highest BCUT2D eigenvalue weighted by Gasteiger charge is 2.13. The van der Waals surface area contributed by atoms with Crippen molar-refractivity contribution in [1.82, 2.24) is 0 Å². The Labute approximate surface area is 92.5 Å². The number of ether oxygens (including phenoxy) is 1. The molecule has 0 saturated heterocycles. The molecule has 0 atom stereocenters. The zero-order valence-electron chi connectivity index (χ0n) is 8.77. The highest BCUT2D eigenvalue weighted by Crippen LogP contribution is 2.15. The zero-order valence-corrected chi connectivity index (χ0v) is 8.77. The molecule has 1 rings (SSSR count). The van der Waals surface area contributed by atoms with Crippen LogP contribution in [0.15, 0.2) is 24.3 Å². The van der Waals surface area contributed by atoms with Crippen LogP contribution >= 0.6 is 0 Å². The van der Waals surface area contributed by atoms with Crippen molar-refractivity contribution in [3.8, 4) is 0 Å². The molecule has 16 heavy (non-hydrogen) atoms. The molecule has 0 N–H and O–H groups in total. The first-order valence-electron chi connectivity index (χ1n) is 4.67. The average Bonchev–Trinajstić information content (AvgIpc) is 2.30. The van der Waals surface area contributed by atoms with Crippen molar-refractivity contribution >= 4 is 18.3 Å². The Bertz CT molecular complexity index is 424. The molecule has 0 aliphatic carbocycles. The van der Waals surface area contributed by atoms with Crippen LogP contribution in [0.1, 0.15) is 22.3 Å². The topological polar surface area (TPSA) is 43.4 Å². The summed E-state index contributed by atoms with van der Waals surface area (Å²) in [5.41, 5.74) is 0.139. The van der Waals surface area contributed by atoms with Crippen LogP contribution < -0.4 is 0 Å². The number of methoxy groups -OCH3 is 1. The maximum atomic E-state index is 13.7. The Balaban J connectivity index is 3.03. The quantitative estimate of drug-likeness (QED) is 0.579. The molecule has 4 heteroatoms. The van der Waals surface area contributed by atoms with Gasteiger partial charge in [-0.2, -0.15) is 0 Å². The Kier molecular flexibility index (Phi) is 4.39. The second kappa shape index (κ2) is 5.80. The van der Waals surface area contributed by atoms with Crippen LogP contribution in [-0.2, 0) is 9.53 Å². The van der Waals surface area contributed by atoms with Gasteiger partial charge in [-0.3, -0.25) is 0 Å². The summed E-state index contributed by atoms with van der Waals surface area (Å²) in [6.07, 6.45) is 3.89. The molecule has 0 bridgehead atoms. The van der Waals surface area contributed by atoms with E-state index in [4.69, 9.17) is 0 Å². The van der Waals surface area contributed by atoms with E-state index >= 15 is 0 Å². The minimum Gasteiger partial charge on any atom is -0.465 e. The predicted octanol–water partition coefficient (Wildman–Crippen LogP) is 2.21. The summed E-state index contributed by atoms with van der Waals surface area (Å²) < 4.78 is 18.1. The van der Waals surface area contributed by atoms with Crippen LogP contribution in [0.25, 0.3) is 6.08 Å². The number of hydrogen-bond donors (Lipinski definition) is 0. The van der Waals surface area contributed by atoms with Gasteiger partial charge in [-0.1, -0.05) is 24.3 Å². The second-order valence-electron chi connectivity index (χ2n) is 3.01. The summed E-state index contributed by atoms with van der Waals surface area (Å²) >= 11 is 0. The minimum atomic E-state index is -0.719. The Morgan fingerprint density at radius 1 is 1.50 bits per heavy atom. The van der Waals surface area contributed by atoms with Crippen molar-refractivity contribution in [2.24, 2.45) is 0 Å². The fourth-order valence-corrected chi connectivity index (χ4v) is 1.20. The Morgan fingerprint density at radius 2 is 2.25 bits per heavy atom. The molecular weight excluding hydrogens is 211 g/mol. The molecule has 1 aromatic carbocycles. The van der Waals surface area contributed by atoms with Crippen LogP contribution in [0.4, 0.5) is 4.39 Å². The van der Waals surface area contributed by atoms with Gasteiger partial charge in [0.15, 0.2) is 0 Å². The molecule has 84 valence electrons. The third-order valence-electron chi connectivity index (χ3n) is 1.96. The fraction of sp³-hybridized carbons (Fsp3) is 0.167. The van der Waals surface area contributed by atoms with E-state index in [1.807, 2.05) is 0 Å². The molecule has 0 heterocycles. The first-order valence-corrected chi connectivity index (χ1v) is 4.67. The number of esters is 1. The van der Waals surface area contributed by atoms with Crippen molar-refractivity contribution in [1.29, 1.82) is 0 Å². The lowest BCUT2D eigenvalue weighted by molar-refractivity contribution is -0.107. The molecule has 3 nitrogen and oxygen atoms in total. The van der Waals surface area contributed by atoms with Gasteiger partial charge in [-0.15, -0.1) is 0 Å². The molecule has 0 fully saturated rings. The van der Waals surface area contributed by atoms with Crippen LogP contribution in [0, 0.1) is 5.82 Å². The largest absolute Gasteiger partial charge is 0.465 e. The van der Waals surface area contributed by atoms with Gasteiger partial charge in [0.1, 0.15) is 12.1 Å². The summed E-state index contributed by atoms with van der Waals surface area (Å²) in [4.78, 5) is 21.3. The van der Waals surface area contributed by atoms with E-state index in [0.29, 0.717) is 6.29 Å². The fourth-order valence-electron chi connectivity index (χ4n) is 1.20. The molecule has 0 saturated carbocycles. The lowest BCUT2D eigenvalue weighted by Gasteiger charge is -2.03. The molecule has 1 aromatic rings. The highest BCUT2D eigenvalue weighted by molar-refractivity contribution is 5.90. The number of rotatable bonds is 4. The average molecular weight is 222 g/mol. The molecular formula is C12H11FO3. The normalized spacial score (nSPS) is 10.4. The van der Waals surface area contributed by atoms with Crippen molar-refractivity contribution in [2.75, 3.05) is 7.11 Å². The van der Waals surface area contributed by atoms with E-state index in [9.17, 15) is 14.0 Å². The summed E-state index contributed by atoms with van der Waals surface area (Å²) in [7, 11) is 1.19. The van der Waals surface area contributed by atoms with E-state index in [1.54, 1.807) is 6.07 Å². The number of aldehydes is 1. The van der Waals surface area contributed by atoms with Gasteiger partial charge >= 0.3 is 5.97 Å². The van der Waals surface area contributed by atoms with Crippen molar-refractivity contribution in [3.63, 3.8) is 0 Å². The van der Waals surface area contributed by atoms with E-state index < -0.39 is 11.8 Å². The second-order valence-corrected chi connectivity index (χ2v) is 3.01. The van der Waals surface area contributed by atoms with Gasteiger partial charge in [-0.05, 0) is 6.07 Å². The molecule has 0 radical (unpaired) electrons. The third kappa shape index (κ3) is 2.76. The molecule has 0 amide bonds. The van der Waals surface area contributed by atoms with Gasteiger partial charge in [0.05, 0.1) is 12.7 Å². The first-order chi connectivity index (χ1) is 7.70. The summed E-state index contributed by atoms with van der Waals surface area (Å²) in [5, 5.41) is 0. The number of allylic oxidation sites excluding steroid dienone is 1. The molecule has 0 spiro atoms. The zero-order chi connectivity index (χ0) is 12.0. The maximum Gasteiger partial charge on any atom is 0.340 e. The Hall–Kier alpha value is -1.97. The van der Waals surface area contributed by atoms with Gasteiger partial charge in [0.2, 0.25) is 0 Å². The van der Waals surface area contributed by atoms with Gasteiger partial charge < -0.3 is 9.53 Å². The summed E-state index contributed by atoms with van der Waals surface area (Å²) in [6, 6.07) is 4.41. The standard InChI is InChI=1S/C12H11FO3/c1-16-12(15)10-7-4-6-9(11(10)13)5-2-3-8-14/h2,4-8H,3H2,1H3. The van der Waals surface area contributed by atoms with Crippen LogP contribution in [-0.4, -0.2) is 19.4 Å². The highest BCUT2D eigenvalue weighted by atomic mass is 19.1. The third-order valence-corrected chi connectivity index (χ3v) is 1.96. The lowest BCUT2D eigenvalue weighted by atomic mass is 10.1. The van der Waals surface area contributed by atoms with Crippen molar-refractivity contribution in [3.05, 3.63) is 41.2 Å². The van der Waals surface area contributed by atoms with Gasteiger partial charge in [-0.25, -0.2) is 9.18 Å². The number of hydrogen-bond acceptors (Lipinski definition) is 3. The molecule has 0 aliphatic heterocycles. The number of halogens is 1. The van der Waals surface area contributed by atoms with E-state index in [1.165, 1.54) is 31.4 Å². The predicted molar refractivity (Wildman–Crippen MR) is 57.5 cm³/mol. The summed E-state index contributed by atoms with van der Waals surface area (Å²) in [6.45, 7) is 0. The SMILES string of the molecule is COC(=O)c1cccc(C=CCC=O)c1F. The van der Waals surface area contributed by atoms with E-state index in [2.05, 4.69) is 4.74 Å². The van der Waals surface area contributed by atoms with Crippen LogP contribution in [0.3, 0.4) is 0 Å². The van der Waals surface area contributed by atoms with E-state index in [-0.39, 0.29) is 17.5 Å². The molecule has 0 aromatic heterocycles. The van der Waals surface area contributed by atoms with Crippen molar-refractivity contribution < 1.29 is 18.7 Å². The number of carbonyl (C=O) groups excluding carboxylic acids is 2. The van der Waals surface area contributed by atoms with E-state index in [0.717, 1.165) is 0 Å². The molecule has 0 unspecified atom stereocenters. The Morgan fingerprint density at radius 3 is 2.88 bits per heavy atom. The van der Waals surface area contributed by atoms with Crippen LogP contribution in [0.2, 0.25) is 0 Å². The minimum absolute atomic E-state index is 0.115. The van der Waals surface area contributed by atoms with Gasteiger partial charge in [0.25, 0.3) is 0 Å². The smallest absolute Gasteiger partial charge is 0.340 e. The van der Waals surface area contributed by atoms with Gasteiger partial charge in [0, 0.05) is 12.0 Å². The molecule has 0 aliphatic rings. The lowest BCUT2D eigenvalue weighted by Crippen LogP contribution is -2.05. The van der Waals surface area contributed by atoms with Crippen molar-refractivity contribution in [2.45, 2.75) is 6.42 Å². The number of benzene rings is 1.